The molecule has 1 aromatic carbocycles. The first-order chi connectivity index (χ1) is 7.93. The maximum absolute atomic E-state index is 13.1. The fourth-order valence-electron chi connectivity index (χ4n) is 2.21. The Kier molecular flexibility index (Phi) is 2.91. The zero-order chi connectivity index (χ0) is 12.6. The Balaban J connectivity index is 2.27. The minimum Gasteiger partial charge on any atom is -0.391 e. The second-order valence-electron chi connectivity index (χ2n) is 4.93. The number of aliphatic hydroxyl groups excluding tert-OH is 1. The van der Waals surface area contributed by atoms with E-state index in [0.29, 0.717) is 18.5 Å². The predicted molar refractivity (Wildman–Crippen MR) is 62.1 cm³/mol. The Bertz CT molecular complexity index is 445. The van der Waals surface area contributed by atoms with Crippen molar-refractivity contribution in [2.45, 2.75) is 31.9 Å². The number of aliphatic hydroxyl groups is 1. The molecule has 0 aliphatic carbocycles. The van der Waals surface area contributed by atoms with E-state index in [1.165, 1.54) is 18.2 Å². The van der Waals surface area contributed by atoms with Crippen LogP contribution < -0.4 is 0 Å². The molecule has 1 N–H and O–H groups in total. The first kappa shape index (κ1) is 12.0. The minimum absolute atomic E-state index is 0.231. The van der Waals surface area contributed by atoms with Crippen molar-refractivity contribution in [3.63, 3.8) is 0 Å². The van der Waals surface area contributed by atoms with E-state index in [-0.39, 0.29) is 5.91 Å². The first-order valence-electron chi connectivity index (χ1n) is 5.68. The van der Waals surface area contributed by atoms with Gasteiger partial charge in [-0.2, -0.15) is 0 Å². The molecular weight excluding hydrogens is 221 g/mol. The third kappa shape index (κ3) is 2.05. The van der Waals surface area contributed by atoms with Crippen LogP contribution in [0.1, 0.15) is 30.6 Å². The molecule has 1 saturated heterocycles. The SMILES string of the molecule is CC1(C)C(O)CCN1C(=O)c1cccc(F)c1. The highest BCUT2D eigenvalue weighted by Gasteiger charge is 2.43. The van der Waals surface area contributed by atoms with E-state index in [1.54, 1.807) is 11.0 Å². The molecule has 0 aromatic heterocycles. The normalized spacial score (nSPS) is 22.8. The second-order valence-corrected chi connectivity index (χ2v) is 4.93. The third-order valence-electron chi connectivity index (χ3n) is 3.45. The smallest absolute Gasteiger partial charge is 0.254 e. The summed E-state index contributed by atoms with van der Waals surface area (Å²) in [6, 6.07) is 5.64. The Morgan fingerprint density at radius 1 is 1.53 bits per heavy atom. The number of hydrogen-bond acceptors (Lipinski definition) is 2. The fourth-order valence-corrected chi connectivity index (χ4v) is 2.21. The van der Waals surface area contributed by atoms with Crippen molar-refractivity contribution in [3.8, 4) is 0 Å². The van der Waals surface area contributed by atoms with Gasteiger partial charge in [-0.25, -0.2) is 4.39 Å². The lowest BCUT2D eigenvalue weighted by Crippen LogP contribution is -2.48. The average molecular weight is 237 g/mol. The Morgan fingerprint density at radius 2 is 2.24 bits per heavy atom. The van der Waals surface area contributed by atoms with Gasteiger partial charge >= 0.3 is 0 Å². The summed E-state index contributed by atoms with van der Waals surface area (Å²) in [5.41, 5.74) is -0.268. The molecule has 1 atom stereocenters. The third-order valence-corrected chi connectivity index (χ3v) is 3.45. The molecule has 1 heterocycles. The zero-order valence-electron chi connectivity index (χ0n) is 9.98. The number of amides is 1. The standard InChI is InChI=1S/C13H16FNO2/c1-13(2)11(16)6-7-15(13)12(17)9-4-3-5-10(14)8-9/h3-5,8,11,16H,6-7H2,1-2H3. The molecule has 1 amide bonds. The summed E-state index contributed by atoms with van der Waals surface area (Å²) in [6.07, 6.45) is 0.0358. The maximum Gasteiger partial charge on any atom is 0.254 e. The van der Waals surface area contributed by atoms with Gasteiger partial charge in [0.15, 0.2) is 0 Å². The maximum atomic E-state index is 13.1. The summed E-state index contributed by atoms with van der Waals surface area (Å²) in [6.45, 7) is 4.15. The van der Waals surface area contributed by atoms with E-state index >= 15 is 0 Å². The number of nitrogens with zero attached hydrogens (tertiary/aromatic N) is 1. The Labute approximate surface area is 99.9 Å². The van der Waals surface area contributed by atoms with Crippen molar-refractivity contribution >= 4 is 5.91 Å². The first-order valence-corrected chi connectivity index (χ1v) is 5.68. The van der Waals surface area contributed by atoms with E-state index in [4.69, 9.17) is 0 Å². The van der Waals surface area contributed by atoms with Crippen LogP contribution in [0, 0.1) is 5.82 Å². The van der Waals surface area contributed by atoms with Crippen molar-refractivity contribution in [2.75, 3.05) is 6.54 Å². The summed E-state index contributed by atoms with van der Waals surface area (Å²) in [5.74, 6) is -0.653. The van der Waals surface area contributed by atoms with Gasteiger partial charge < -0.3 is 10.0 Å². The summed E-state index contributed by atoms with van der Waals surface area (Å²) in [7, 11) is 0. The van der Waals surface area contributed by atoms with E-state index in [1.807, 2.05) is 13.8 Å². The molecule has 4 heteroatoms. The lowest BCUT2D eigenvalue weighted by Gasteiger charge is -2.33. The van der Waals surface area contributed by atoms with Gasteiger partial charge in [-0.1, -0.05) is 6.07 Å². The highest BCUT2D eigenvalue weighted by molar-refractivity contribution is 5.95. The molecule has 1 aromatic rings. The molecule has 17 heavy (non-hydrogen) atoms. The quantitative estimate of drug-likeness (QED) is 0.809. The van der Waals surface area contributed by atoms with Crippen molar-refractivity contribution in [1.82, 2.24) is 4.90 Å². The van der Waals surface area contributed by atoms with Crippen LogP contribution in [-0.2, 0) is 0 Å². The summed E-state index contributed by atoms with van der Waals surface area (Å²) in [5, 5.41) is 9.81. The highest BCUT2D eigenvalue weighted by Crippen LogP contribution is 2.30. The molecule has 0 bridgehead atoms. The number of hydrogen-bond donors (Lipinski definition) is 1. The van der Waals surface area contributed by atoms with E-state index in [0.717, 1.165) is 0 Å². The molecule has 3 nitrogen and oxygen atoms in total. The predicted octanol–water partition coefficient (Wildman–Crippen LogP) is 1.81. The molecule has 0 radical (unpaired) electrons. The van der Waals surface area contributed by atoms with Crippen LogP contribution in [0.4, 0.5) is 4.39 Å². The molecule has 1 aliphatic heterocycles. The van der Waals surface area contributed by atoms with Crippen LogP contribution in [-0.4, -0.2) is 34.1 Å². The minimum atomic E-state index is -0.594. The largest absolute Gasteiger partial charge is 0.391 e. The van der Waals surface area contributed by atoms with Gasteiger partial charge in [0.05, 0.1) is 11.6 Å². The summed E-state index contributed by atoms with van der Waals surface area (Å²) >= 11 is 0. The zero-order valence-corrected chi connectivity index (χ0v) is 9.98. The number of carbonyl (C=O) groups excluding carboxylic acids is 1. The van der Waals surface area contributed by atoms with Gasteiger partial charge in [-0.05, 0) is 38.5 Å². The topological polar surface area (TPSA) is 40.5 Å². The molecular formula is C13H16FNO2. The monoisotopic (exact) mass is 237 g/mol. The van der Waals surface area contributed by atoms with Crippen LogP contribution in [0.3, 0.4) is 0 Å². The van der Waals surface area contributed by atoms with E-state index in [2.05, 4.69) is 0 Å². The summed E-state index contributed by atoms with van der Waals surface area (Å²) in [4.78, 5) is 13.8. The molecule has 0 saturated carbocycles. The van der Waals surface area contributed by atoms with Gasteiger partial charge in [-0.3, -0.25) is 4.79 Å². The van der Waals surface area contributed by atoms with E-state index in [9.17, 15) is 14.3 Å². The van der Waals surface area contributed by atoms with Crippen LogP contribution in [0.25, 0.3) is 0 Å². The molecule has 1 unspecified atom stereocenters. The molecule has 0 spiro atoms. The van der Waals surface area contributed by atoms with Crippen LogP contribution in [0.2, 0.25) is 0 Å². The summed E-state index contributed by atoms with van der Waals surface area (Å²) < 4.78 is 13.1. The number of halogens is 1. The van der Waals surface area contributed by atoms with Gasteiger partial charge in [0.1, 0.15) is 5.82 Å². The average Bonchev–Trinajstić information content (AvgIpc) is 2.53. The number of carbonyl (C=O) groups is 1. The lowest BCUT2D eigenvalue weighted by atomic mass is 9.98. The van der Waals surface area contributed by atoms with Crippen LogP contribution in [0.5, 0.6) is 0 Å². The lowest BCUT2D eigenvalue weighted by molar-refractivity contribution is 0.0394. The van der Waals surface area contributed by atoms with Crippen molar-refractivity contribution in [1.29, 1.82) is 0 Å². The van der Waals surface area contributed by atoms with Gasteiger partial charge in [0.25, 0.3) is 5.91 Å². The fraction of sp³-hybridized carbons (Fsp3) is 0.462. The number of likely N-dealkylation sites (tertiary alicyclic amines) is 1. The van der Waals surface area contributed by atoms with Gasteiger partial charge in [-0.15, -0.1) is 0 Å². The van der Waals surface area contributed by atoms with Crippen LogP contribution in [0.15, 0.2) is 24.3 Å². The molecule has 1 fully saturated rings. The van der Waals surface area contributed by atoms with Crippen molar-refractivity contribution < 1.29 is 14.3 Å². The highest BCUT2D eigenvalue weighted by atomic mass is 19.1. The Hall–Kier alpha value is -1.42. The van der Waals surface area contributed by atoms with E-state index < -0.39 is 17.5 Å². The number of benzene rings is 1. The van der Waals surface area contributed by atoms with Crippen molar-refractivity contribution in [2.24, 2.45) is 0 Å². The van der Waals surface area contributed by atoms with Crippen molar-refractivity contribution in [3.05, 3.63) is 35.6 Å². The second kappa shape index (κ2) is 4.11. The number of rotatable bonds is 1. The molecule has 92 valence electrons. The molecule has 2 rings (SSSR count). The van der Waals surface area contributed by atoms with Gasteiger partial charge in [0, 0.05) is 12.1 Å². The Morgan fingerprint density at radius 3 is 2.76 bits per heavy atom. The molecule has 1 aliphatic rings. The van der Waals surface area contributed by atoms with Crippen LogP contribution >= 0.6 is 0 Å². The van der Waals surface area contributed by atoms with Gasteiger partial charge in [0.2, 0.25) is 0 Å².